The minimum Gasteiger partial charge on any atom is -0.469 e. The van der Waals surface area contributed by atoms with Crippen molar-refractivity contribution in [3.63, 3.8) is 0 Å². The maximum absolute atomic E-state index is 15.6. The zero-order chi connectivity index (χ0) is 40.6. The molecule has 51 heavy (non-hydrogen) atoms. The van der Waals surface area contributed by atoms with Crippen molar-refractivity contribution in [1.29, 1.82) is 0 Å². The molecule has 0 saturated carbocycles. The molecule has 28 heteroatoms. The van der Waals surface area contributed by atoms with Gasteiger partial charge in [0.15, 0.2) is 0 Å². The molecule has 0 spiro atoms. The van der Waals surface area contributed by atoms with Crippen LogP contribution < -0.4 is 0 Å². The van der Waals surface area contributed by atoms with Crippen LogP contribution in [-0.2, 0) is 23.8 Å². The van der Waals surface area contributed by atoms with Gasteiger partial charge >= 0.3 is 59.8 Å². The van der Waals surface area contributed by atoms with E-state index in [1.807, 2.05) is 0 Å². The maximum atomic E-state index is 15.6. The average Bonchev–Trinajstić information content (AvgIpc) is 2.98. The second kappa shape index (κ2) is 12.4. The normalized spacial score (nSPS) is 26.0. The van der Waals surface area contributed by atoms with Gasteiger partial charge in [-0.05, 0) is 5.56 Å². The molecule has 1 heterocycles. The van der Waals surface area contributed by atoms with Gasteiger partial charge in [-0.3, -0.25) is 19.7 Å². The van der Waals surface area contributed by atoms with Crippen LogP contribution in [0.15, 0.2) is 24.3 Å². The van der Waals surface area contributed by atoms with Crippen molar-refractivity contribution < 1.29 is 118 Å². The van der Waals surface area contributed by atoms with Crippen molar-refractivity contribution in [2.45, 2.75) is 65.4 Å². The molecule has 0 aliphatic carbocycles. The van der Waals surface area contributed by atoms with Crippen LogP contribution in [0.4, 0.5) is 84.7 Å². The smallest absolute Gasteiger partial charge is 0.460 e. The summed E-state index contributed by atoms with van der Waals surface area (Å²) in [6.45, 7) is 0. The number of non-ortho nitro benzene ring substituents is 1. The second-order valence-corrected chi connectivity index (χ2v) is 10.3. The van der Waals surface area contributed by atoms with Crippen molar-refractivity contribution in [3.05, 3.63) is 39.9 Å². The summed E-state index contributed by atoms with van der Waals surface area (Å²) in [5.41, 5.74) is -2.88. The quantitative estimate of drug-likeness (QED) is 0.134. The number of benzene rings is 1. The molecule has 1 aliphatic rings. The zero-order valence-corrected chi connectivity index (χ0v) is 24.0. The Kier molecular flexibility index (Phi) is 10.5. The summed E-state index contributed by atoms with van der Waals surface area (Å²) in [6, 6.07) is 0.00542. The fourth-order valence-electron chi connectivity index (χ4n) is 4.83. The lowest BCUT2D eigenvalue weighted by Gasteiger charge is -2.57. The Morgan fingerprint density at radius 1 is 0.647 bits per heavy atom. The predicted molar refractivity (Wildman–Crippen MR) is 120 cm³/mol. The summed E-state index contributed by atoms with van der Waals surface area (Å²) in [5.74, 6) is -82.3. The first-order valence-electron chi connectivity index (χ1n) is 12.4. The van der Waals surface area contributed by atoms with Crippen LogP contribution in [0.3, 0.4) is 0 Å². The molecule has 4 unspecified atom stereocenters. The van der Waals surface area contributed by atoms with E-state index in [2.05, 4.69) is 14.2 Å². The van der Waals surface area contributed by atoms with Gasteiger partial charge in [-0.25, -0.2) is 0 Å². The summed E-state index contributed by atoms with van der Waals surface area (Å²) in [7, 11) is -0.117. The van der Waals surface area contributed by atoms with E-state index in [-0.39, 0.29) is 38.5 Å². The van der Waals surface area contributed by atoms with Crippen molar-refractivity contribution in [2.75, 3.05) is 14.2 Å². The number of halogens is 18. The highest BCUT2D eigenvalue weighted by Crippen LogP contribution is 2.67. The van der Waals surface area contributed by atoms with Crippen LogP contribution in [0.5, 0.6) is 0 Å². The largest absolute Gasteiger partial charge is 0.469 e. The number of nitro groups is 1. The van der Waals surface area contributed by atoms with E-state index < -0.39 is 105 Å². The number of carbonyl (C=O) groups excluding carboxylic acids is 2. The SMILES string of the molecule is COC(=O)C1C(c2ccc([N+](=O)[O-])cc2)C(C(=O)OC)C(O)(C(F)(F)C(F)(F)C(F)(F)C(F)(F)F)OC1(O)C(F)(F)C(F)(F)C(F)(F)C(F)(F)F. The molecule has 1 saturated heterocycles. The third-order valence-corrected chi connectivity index (χ3v) is 7.46. The highest BCUT2D eigenvalue weighted by Gasteiger charge is 2.94. The van der Waals surface area contributed by atoms with Crippen molar-refractivity contribution in [3.8, 4) is 0 Å². The molecule has 0 radical (unpaired) electrons. The van der Waals surface area contributed by atoms with E-state index in [4.69, 9.17) is 0 Å². The van der Waals surface area contributed by atoms with E-state index in [0.29, 0.717) is 0 Å². The fourth-order valence-corrected chi connectivity index (χ4v) is 4.83. The van der Waals surface area contributed by atoms with Crippen LogP contribution >= 0.6 is 0 Å². The number of methoxy groups -OCH3 is 2. The van der Waals surface area contributed by atoms with Gasteiger partial charge in [-0.15, -0.1) is 0 Å². The lowest BCUT2D eigenvalue weighted by Crippen LogP contribution is -2.81. The fraction of sp³-hybridized carbons (Fsp3) is 0.652. The Morgan fingerprint density at radius 3 is 1.18 bits per heavy atom. The molecule has 2 rings (SSSR count). The van der Waals surface area contributed by atoms with Gasteiger partial charge in [0.2, 0.25) is 0 Å². The van der Waals surface area contributed by atoms with Crippen LogP contribution in [0.2, 0.25) is 0 Å². The van der Waals surface area contributed by atoms with Gasteiger partial charge < -0.3 is 24.4 Å². The molecule has 1 aliphatic heterocycles. The Hall–Kier alpha value is -3.82. The first kappa shape index (κ1) is 43.3. The molecule has 1 aromatic carbocycles. The Labute approximate surface area is 268 Å². The monoisotopic (exact) mass is 791 g/mol. The Balaban J connectivity index is 3.37. The van der Waals surface area contributed by atoms with Gasteiger partial charge in [0.25, 0.3) is 17.3 Å². The highest BCUT2D eigenvalue weighted by molar-refractivity contribution is 5.81. The molecule has 1 fully saturated rings. The topological polar surface area (TPSA) is 145 Å². The molecule has 0 aromatic heterocycles. The highest BCUT2D eigenvalue weighted by atomic mass is 19.4. The van der Waals surface area contributed by atoms with E-state index >= 15 is 17.6 Å². The number of esters is 2. The first-order chi connectivity index (χ1) is 22.5. The molecular weight excluding hydrogens is 776 g/mol. The maximum Gasteiger partial charge on any atom is 0.460 e. The average molecular weight is 791 g/mol. The molecule has 0 bridgehead atoms. The summed E-state index contributed by atoms with van der Waals surface area (Å²) in [6.07, 6.45) is -15.7. The molecule has 1 aromatic rings. The number of hydrogen-bond acceptors (Lipinski definition) is 9. The molecule has 292 valence electrons. The van der Waals surface area contributed by atoms with Crippen LogP contribution in [0, 0.1) is 22.0 Å². The molecule has 4 atom stereocenters. The van der Waals surface area contributed by atoms with Gasteiger partial charge in [0.05, 0.1) is 19.1 Å². The van der Waals surface area contributed by atoms with E-state index in [9.17, 15) is 91.4 Å². The van der Waals surface area contributed by atoms with E-state index in [0.717, 1.165) is 0 Å². The zero-order valence-electron chi connectivity index (χ0n) is 24.0. The number of aliphatic hydroxyl groups is 2. The van der Waals surface area contributed by atoms with Crippen molar-refractivity contribution >= 4 is 17.6 Å². The third-order valence-electron chi connectivity index (χ3n) is 7.46. The number of nitro benzene ring substituents is 1. The minimum absolute atomic E-state index is 0.0587. The molecule has 2 N–H and O–H groups in total. The minimum atomic E-state index is -8.40. The summed E-state index contributed by atoms with van der Waals surface area (Å²) in [4.78, 5) is 35.2. The number of ether oxygens (including phenoxy) is 3. The standard InChI is InChI=1S/C23H15F18NO9/c1-49-12(43)10-9(7-3-5-8(6-4-7)42(47)48)11(13(44)50-2)15(46,17(26,27)19(30,31)21(34,35)23(39,40)41)51-14(10,45)16(24,25)18(28,29)20(32,33)22(36,37)38/h3-6,9-11,45-46H,1-2H3. The Morgan fingerprint density at radius 2 is 0.941 bits per heavy atom. The van der Waals surface area contributed by atoms with Crippen molar-refractivity contribution in [1.82, 2.24) is 0 Å². The summed E-state index contributed by atoms with van der Waals surface area (Å²) in [5, 5.41) is 32.5. The first-order valence-corrected chi connectivity index (χ1v) is 12.4. The Bertz CT molecular complexity index is 1430. The van der Waals surface area contributed by atoms with Crippen LogP contribution in [0.25, 0.3) is 0 Å². The lowest BCUT2D eigenvalue weighted by atomic mass is 9.63. The van der Waals surface area contributed by atoms with Gasteiger partial charge in [-0.1, -0.05) is 12.1 Å². The number of hydrogen-bond donors (Lipinski definition) is 2. The number of carbonyl (C=O) groups is 2. The second-order valence-electron chi connectivity index (χ2n) is 10.3. The van der Waals surface area contributed by atoms with Crippen LogP contribution in [-0.4, -0.2) is 101 Å². The third kappa shape index (κ3) is 5.85. The van der Waals surface area contributed by atoms with Crippen LogP contribution in [0.1, 0.15) is 11.5 Å². The van der Waals surface area contributed by atoms with E-state index in [1.165, 1.54) is 0 Å². The number of rotatable bonds is 10. The van der Waals surface area contributed by atoms with E-state index in [1.54, 1.807) is 0 Å². The van der Waals surface area contributed by atoms with Gasteiger partial charge in [0, 0.05) is 18.1 Å². The number of alkyl halides is 18. The predicted octanol–water partition coefficient (Wildman–Crippen LogP) is 5.60. The van der Waals surface area contributed by atoms with Gasteiger partial charge in [0.1, 0.15) is 11.8 Å². The number of nitrogens with zero attached hydrogens (tertiary/aromatic N) is 1. The van der Waals surface area contributed by atoms with Crippen molar-refractivity contribution in [2.24, 2.45) is 11.8 Å². The molecule has 10 nitrogen and oxygen atoms in total. The summed E-state index contributed by atoms with van der Waals surface area (Å²) >= 11 is 0. The summed E-state index contributed by atoms with van der Waals surface area (Å²) < 4.78 is 265. The molecular formula is C23H15F18NO9. The lowest BCUT2D eigenvalue weighted by molar-refractivity contribution is -0.529. The molecule has 0 amide bonds. The van der Waals surface area contributed by atoms with Gasteiger partial charge in [-0.2, -0.15) is 79.0 Å².